The van der Waals surface area contributed by atoms with Gasteiger partial charge >= 0.3 is 0 Å². The number of aromatic nitrogens is 2. The maximum atomic E-state index is 13.4. The first-order chi connectivity index (χ1) is 12.1. The third-order valence-electron chi connectivity index (χ3n) is 4.41. The number of aryl methyl sites for hydroxylation is 1. The average molecular weight is 361 g/mol. The Balaban J connectivity index is 1.53. The maximum Gasteiger partial charge on any atom is 0.257 e. The van der Waals surface area contributed by atoms with E-state index in [4.69, 9.17) is 4.42 Å². The molecule has 1 saturated heterocycles. The molecule has 0 amide bonds. The normalized spacial score (nSPS) is 18.1. The van der Waals surface area contributed by atoms with Crippen molar-refractivity contribution in [2.45, 2.75) is 32.4 Å². The number of rotatable bonds is 4. The lowest BCUT2D eigenvalue weighted by Gasteiger charge is -2.21. The fourth-order valence-electron chi connectivity index (χ4n) is 3.19. The molecule has 0 unspecified atom stereocenters. The molecule has 3 aromatic rings. The van der Waals surface area contributed by atoms with E-state index in [2.05, 4.69) is 15.1 Å². The highest BCUT2D eigenvalue weighted by Crippen LogP contribution is 2.35. The average Bonchev–Trinajstić information content (AvgIpc) is 3.30. The van der Waals surface area contributed by atoms with Crippen molar-refractivity contribution in [3.8, 4) is 10.8 Å². The van der Waals surface area contributed by atoms with Crippen LogP contribution in [0.3, 0.4) is 0 Å². The first-order valence-electron chi connectivity index (χ1n) is 8.18. The Morgan fingerprint density at radius 3 is 2.84 bits per heavy atom. The minimum Gasteiger partial charge on any atom is -0.418 e. The third-order valence-corrected chi connectivity index (χ3v) is 5.40. The van der Waals surface area contributed by atoms with Gasteiger partial charge in [-0.3, -0.25) is 4.90 Å². The van der Waals surface area contributed by atoms with Gasteiger partial charge in [-0.05, 0) is 56.1 Å². The Labute approximate surface area is 148 Å². The number of hydrogen-bond donors (Lipinski definition) is 0. The van der Waals surface area contributed by atoms with Gasteiger partial charge in [0.05, 0.1) is 10.9 Å². The molecule has 1 aromatic carbocycles. The van der Waals surface area contributed by atoms with Crippen molar-refractivity contribution in [1.82, 2.24) is 15.1 Å². The second-order valence-electron chi connectivity index (χ2n) is 6.23. The van der Waals surface area contributed by atoms with Crippen LogP contribution in [-0.4, -0.2) is 21.6 Å². The number of halogens is 2. The van der Waals surface area contributed by atoms with Crippen LogP contribution in [0.5, 0.6) is 0 Å². The molecule has 0 spiro atoms. The third kappa shape index (κ3) is 3.34. The largest absolute Gasteiger partial charge is 0.418 e. The van der Waals surface area contributed by atoms with Crippen LogP contribution >= 0.6 is 11.3 Å². The van der Waals surface area contributed by atoms with Gasteiger partial charge in [-0.1, -0.05) is 6.07 Å². The van der Waals surface area contributed by atoms with Crippen LogP contribution in [0.15, 0.2) is 34.7 Å². The van der Waals surface area contributed by atoms with Crippen molar-refractivity contribution in [2.24, 2.45) is 0 Å². The minimum absolute atomic E-state index is 0.00965. The molecule has 4 rings (SSSR count). The molecule has 0 saturated carbocycles. The van der Waals surface area contributed by atoms with Crippen molar-refractivity contribution in [3.63, 3.8) is 0 Å². The van der Waals surface area contributed by atoms with Gasteiger partial charge in [-0.2, -0.15) is 0 Å². The van der Waals surface area contributed by atoms with E-state index >= 15 is 0 Å². The van der Waals surface area contributed by atoms with Crippen molar-refractivity contribution in [3.05, 3.63) is 58.3 Å². The Kier molecular flexibility index (Phi) is 4.35. The van der Waals surface area contributed by atoms with Gasteiger partial charge in [-0.25, -0.2) is 8.78 Å². The quantitative estimate of drug-likeness (QED) is 0.674. The van der Waals surface area contributed by atoms with Crippen molar-refractivity contribution < 1.29 is 13.2 Å². The Hall–Kier alpha value is -2.12. The number of benzene rings is 1. The van der Waals surface area contributed by atoms with Gasteiger partial charge in [0.2, 0.25) is 5.89 Å². The number of nitrogens with zero attached hydrogens (tertiary/aromatic N) is 3. The van der Waals surface area contributed by atoms with E-state index in [1.807, 2.05) is 19.1 Å². The summed E-state index contributed by atoms with van der Waals surface area (Å²) in [5, 5.41) is 8.39. The summed E-state index contributed by atoms with van der Waals surface area (Å²) in [6, 6.07) is 8.04. The Morgan fingerprint density at radius 1 is 1.20 bits per heavy atom. The molecule has 1 fully saturated rings. The van der Waals surface area contributed by atoms with E-state index in [0.717, 1.165) is 29.8 Å². The molecule has 1 aliphatic rings. The first kappa shape index (κ1) is 16.4. The molecule has 4 nitrogen and oxygen atoms in total. The van der Waals surface area contributed by atoms with Gasteiger partial charge in [0.1, 0.15) is 0 Å². The lowest BCUT2D eigenvalue weighted by atomic mass is 10.1. The zero-order valence-electron chi connectivity index (χ0n) is 13.7. The molecule has 7 heteroatoms. The summed E-state index contributed by atoms with van der Waals surface area (Å²) in [5.41, 5.74) is 0.736. The summed E-state index contributed by atoms with van der Waals surface area (Å²) in [5.74, 6) is -0.523. The predicted molar refractivity (Wildman–Crippen MR) is 91.1 cm³/mol. The van der Waals surface area contributed by atoms with E-state index < -0.39 is 11.6 Å². The smallest absolute Gasteiger partial charge is 0.257 e. The highest BCUT2D eigenvalue weighted by Gasteiger charge is 2.31. The zero-order valence-corrected chi connectivity index (χ0v) is 14.5. The molecule has 0 bridgehead atoms. The zero-order chi connectivity index (χ0) is 17.4. The van der Waals surface area contributed by atoms with Crippen LogP contribution < -0.4 is 0 Å². The van der Waals surface area contributed by atoms with Crippen LogP contribution in [0.25, 0.3) is 10.8 Å². The molecule has 1 aliphatic heterocycles. The molecule has 130 valence electrons. The van der Waals surface area contributed by atoms with Crippen molar-refractivity contribution in [2.75, 3.05) is 6.54 Å². The fraction of sp³-hybridized carbons (Fsp3) is 0.333. The molecule has 25 heavy (non-hydrogen) atoms. The highest BCUT2D eigenvalue weighted by molar-refractivity contribution is 7.15. The summed E-state index contributed by atoms with van der Waals surface area (Å²) in [6.45, 7) is 3.42. The second-order valence-corrected chi connectivity index (χ2v) is 7.52. The van der Waals surface area contributed by atoms with E-state index in [9.17, 15) is 8.78 Å². The van der Waals surface area contributed by atoms with Gasteiger partial charge in [-0.15, -0.1) is 21.5 Å². The standard InChI is InChI=1S/C18H17F2N3OS/c1-11-4-7-16(25-11)18-22-21-17(24-18)15-3-2-8-23(15)10-12-5-6-13(19)14(20)9-12/h4-7,9,15H,2-3,8,10H2,1H3/t15-/m0/s1. The Morgan fingerprint density at radius 2 is 2.08 bits per heavy atom. The minimum atomic E-state index is -0.825. The lowest BCUT2D eigenvalue weighted by Crippen LogP contribution is -2.23. The summed E-state index contributed by atoms with van der Waals surface area (Å²) >= 11 is 1.62. The van der Waals surface area contributed by atoms with Gasteiger partial charge in [0.15, 0.2) is 11.6 Å². The predicted octanol–water partition coefficient (Wildman–Crippen LogP) is 4.72. The van der Waals surface area contributed by atoms with Crippen LogP contribution in [0.4, 0.5) is 8.78 Å². The van der Waals surface area contributed by atoms with Gasteiger partial charge in [0, 0.05) is 11.4 Å². The fourth-order valence-corrected chi connectivity index (χ4v) is 3.97. The number of hydrogen-bond acceptors (Lipinski definition) is 5. The van der Waals surface area contributed by atoms with Crippen LogP contribution in [0.1, 0.15) is 35.2 Å². The molecule has 1 atom stereocenters. The van der Waals surface area contributed by atoms with Crippen LogP contribution in [0.2, 0.25) is 0 Å². The summed E-state index contributed by atoms with van der Waals surface area (Å²) in [7, 11) is 0. The van der Waals surface area contributed by atoms with Crippen LogP contribution in [0, 0.1) is 18.6 Å². The van der Waals surface area contributed by atoms with E-state index in [0.29, 0.717) is 18.3 Å². The molecular weight excluding hydrogens is 344 g/mol. The van der Waals surface area contributed by atoms with Crippen molar-refractivity contribution >= 4 is 11.3 Å². The molecule has 2 aromatic heterocycles. The summed E-state index contributed by atoms with van der Waals surface area (Å²) in [6.07, 6.45) is 1.92. The molecule has 0 radical (unpaired) electrons. The van der Waals surface area contributed by atoms with Crippen molar-refractivity contribution in [1.29, 1.82) is 0 Å². The first-order valence-corrected chi connectivity index (χ1v) is 9.00. The second kappa shape index (κ2) is 6.65. The highest BCUT2D eigenvalue weighted by atomic mass is 32.1. The SMILES string of the molecule is Cc1ccc(-c2nnc([C@@H]3CCCN3Cc3ccc(F)c(F)c3)o2)s1. The Bertz CT molecular complexity index is 892. The molecular formula is C18H17F2N3OS. The summed E-state index contributed by atoms with van der Waals surface area (Å²) < 4.78 is 32.4. The van der Waals surface area contributed by atoms with Gasteiger partial charge in [0.25, 0.3) is 5.89 Å². The monoisotopic (exact) mass is 361 g/mol. The molecule has 0 N–H and O–H groups in total. The van der Waals surface area contributed by atoms with E-state index in [-0.39, 0.29) is 6.04 Å². The number of thiophene rings is 1. The topological polar surface area (TPSA) is 42.2 Å². The maximum absolute atomic E-state index is 13.4. The molecule has 3 heterocycles. The molecule has 0 aliphatic carbocycles. The van der Waals surface area contributed by atoms with Crippen LogP contribution in [-0.2, 0) is 6.54 Å². The van der Waals surface area contributed by atoms with E-state index in [1.54, 1.807) is 17.4 Å². The number of likely N-dealkylation sites (tertiary alicyclic amines) is 1. The van der Waals surface area contributed by atoms with E-state index in [1.165, 1.54) is 17.0 Å². The lowest BCUT2D eigenvalue weighted by molar-refractivity contribution is 0.215. The van der Waals surface area contributed by atoms with Gasteiger partial charge < -0.3 is 4.42 Å². The summed E-state index contributed by atoms with van der Waals surface area (Å²) in [4.78, 5) is 4.32.